The van der Waals surface area contributed by atoms with Crippen LogP contribution in [0.3, 0.4) is 0 Å². The Morgan fingerprint density at radius 3 is 2.73 bits per heavy atom. The van der Waals surface area contributed by atoms with E-state index in [0.717, 1.165) is 5.56 Å². The van der Waals surface area contributed by atoms with Crippen LogP contribution in [-0.4, -0.2) is 37.7 Å². The number of ether oxygens (including phenoxy) is 2. The Kier molecular flexibility index (Phi) is 12.8. The normalized spacial score (nSPS) is 9.62. The number of anilines is 1. The first-order valence-corrected chi connectivity index (χ1v) is 7.87. The molecule has 2 N–H and O–H groups in total. The van der Waals surface area contributed by atoms with Crippen molar-refractivity contribution in [2.75, 3.05) is 32.1 Å². The first kappa shape index (κ1) is 24.4. The molecule has 0 spiro atoms. The summed E-state index contributed by atoms with van der Waals surface area (Å²) < 4.78 is 10.6. The van der Waals surface area contributed by atoms with Crippen molar-refractivity contribution < 1.29 is 14.3 Å². The second-order valence-corrected chi connectivity index (χ2v) is 5.42. The van der Waals surface area contributed by atoms with E-state index in [1.165, 1.54) is 0 Å². The van der Waals surface area contributed by atoms with Gasteiger partial charge in [-0.25, -0.2) is 0 Å². The van der Waals surface area contributed by atoms with Crippen molar-refractivity contribution in [3.8, 4) is 5.75 Å². The molecule has 0 saturated heterocycles. The number of halogens is 3. The monoisotopic (exact) mass is 421 g/mol. The van der Waals surface area contributed by atoms with Crippen LogP contribution in [0.25, 0.3) is 0 Å². The van der Waals surface area contributed by atoms with Crippen molar-refractivity contribution in [3.05, 3.63) is 53.3 Å². The van der Waals surface area contributed by atoms with Crippen LogP contribution in [0.2, 0.25) is 5.02 Å². The molecule has 6 nitrogen and oxygen atoms in total. The maximum atomic E-state index is 11.8. The Bertz CT molecular complexity index is 660. The van der Waals surface area contributed by atoms with E-state index in [1.807, 2.05) is 12.1 Å². The standard InChI is InChI=1S/C17H20ClN3O3.2ClH/c1-23-8-7-20-11-17(22)21-14-4-5-16(15(18)9-14)24-12-13-3-2-6-19-10-13;;/h2-6,9-10,20H,7-8,11-12H2,1H3,(H,21,22);2*1H. The van der Waals surface area contributed by atoms with Gasteiger partial charge < -0.3 is 20.1 Å². The van der Waals surface area contributed by atoms with Crippen molar-refractivity contribution in [1.29, 1.82) is 0 Å². The third kappa shape index (κ3) is 8.69. The van der Waals surface area contributed by atoms with Gasteiger partial charge in [-0.3, -0.25) is 9.78 Å². The van der Waals surface area contributed by atoms with E-state index in [-0.39, 0.29) is 37.3 Å². The lowest BCUT2D eigenvalue weighted by Crippen LogP contribution is -2.30. The summed E-state index contributed by atoms with van der Waals surface area (Å²) in [5, 5.41) is 6.17. The van der Waals surface area contributed by atoms with Crippen molar-refractivity contribution in [2.45, 2.75) is 6.61 Å². The van der Waals surface area contributed by atoms with Crippen LogP contribution in [0, 0.1) is 0 Å². The average Bonchev–Trinajstić information content (AvgIpc) is 2.59. The quantitative estimate of drug-likeness (QED) is 0.606. The van der Waals surface area contributed by atoms with Gasteiger partial charge in [0.2, 0.25) is 5.91 Å². The first-order chi connectivity index (χ1) is 11.7. The SMILES string of the molecule is COCCNCC(=O)Nc1ccc(OCc2cccnc2)c(Cl)c1.Cl.Cl. The highest BCUT2D eigenvalue weighted by molar-refractivity contribution is 6.32. The van der Waals surface area contributed by atoms with Gasteiger partial charge in [0.05, 0.1) is 18.2 Å². The molecular formula is C17H22Cl3N3O3. The third-order valence-electron chi connectivity index (χ3n) is 3.10. The second-order valence-electron chi connectivity index (χ2n) is 5.01. The van der Waals surface area contributed by atoms with Gasteiger partial charge in [-0.1, -0.05) is 17.7 Å². The molecule has 1 aromatic carbocycles. The van der Waals surface area contributed by atoms with E-state index in [2.05, 4.69) is 15.6 Å². The fourth-order valence-electron chi connectivity index (χ4n) is 1.92. The van der Waals surface area contributed by atoms with Gasteiger partial charge in [0.15, 0.2) is 0 Å². The molecule has 2 aromatic rings. The maximum Gasteiger partial charge on any atom is 0.238 e. The zero-order valence-corrected chi connectivity index (χ0v) is 16.6. The molecule has 0 radical (unpaired) electrons. The number of methoxy groups -OCH3 is 1. The minimum atomic E-state index is -0.147. The zero-order chi connectivity index (χ0) is 17.2. The van der Waals surface area contributed by atoms with Gasteiger partial charge in [-0.05, 0) is 24.3 Å². The van der Waals surface area contributed by atoms with Gasteiger partial charge in [0.1, 0.15) is 12.4 Å². The molecule has 1 amide bonds. The van der Waals surface area contributed by atoms with Crippen molar-refractivity contribution >= 4 is 48.0 Å². The van der Waals surface area contributed by atoms with Crippen LogP contribution in [0.5, 0.6) is 5.75 Å². The highest BCUT2D eigenvalue weighted by atomic mass is 35.5. The molecule has 0 saturated carbocycles. The number of carbonyl (C=O) groups excluding carboxylic acids is 1. The number of carbonyl (C=O) groups is 1. The molecule has 9 heteroatoms. The van der Waals surface area contributed by atoms with Crippen molar-refractivity contribution in [3.63, 3.8) is 0 Å². The number of aromatic nitrogens is 1. The number of pyridine rings is 1. The molecule has 0 fully saturated rings. The summed E-state index contributed by atoms with van der Waals surface area (Å²) in [6.45, 7) is 1.76. The van der Waals surface area contributed by atoms with E-state index in [9.17, 15) is 4.79 Å². The fraction of sp³-hybridized carbons (Fsp3) is 0.294. The number of rotatable bonds is 9. The molecular weight excluding hydrogens is 401 g/mol. The molecule has 1 heterocycles. The summed E-state index contributed by atoms with van der Waals surface area (Å²) >= 11 is 6.20. The Morgan fingerprint density at radius 2 is 2.08 bits per heavy atom. The second kappa shape index (κ2) is 13.6. The van der Waals surface area contributed by atoms with Crippen molar-refractivity contribution in [2.24, 2.45) is 0 Å². The summed E-state index contributed by atoms with van der Waals surface area (Å²) in [6.07, 6.45) is 3.44. The summed E-state index contributed by atoms with van der Waals surface area (Å²) in [5.74, 6) is 0.405. The zero-order valence-electron chi connectivity index (χ0n) is 14.2. The van der Waals surface area contributed by atoms with Gasteiger partial charge in [0, 0.05) is 37.3 Å². The summed E-state index contributed by atoms with van der Waals surface area (Å²) in [5.41, 5.74) is 1.57. The van der Waals surface area contributed by atoms with E-state index >= 15 is 0 Å². The Balaban J connectivity index is 0.00000312. The molecule has 1 aromatic heterocycles. The van der Waals surface area contributed by atoms with Gasteiger partial charge in [-0.15, -0.1) is 24.8 Å². The number of nitrogens with zero attached hydrogens (tertiary/aromatic N) is 1. The number of amides is 1. The smallest absolute Gasteiger partial charge is 0.238 e. The maximum absolute atomic E-state index is 11.8. The van der Waals surface area contributed by atoms with Crippen LogP contribution in [0.4, 0.5) is 5.69 Å². The molecule has 0 bridgehead atoms. The highest BCUT2D eigenvalue weighted by Gasteiger charge is 2.06. The summed E-state index contributed by atoms with van der Waals surface area (Å²) in [6, 6.07) is 8.91. The lowest BCUT2D eigenvalue weighted by atomic mass is 10.3. The Labute approximate surface area is 170 Å². The molecule has 2 rings (SSSR count). The molecule has 26 heavy (non-hydrogen) atoms. The van der Waals surface area contributed by atoms with Gasteiger partial charge >= 0.3 is 0 Å². The highest BCUT2D eigenvalue weighted by Crippen LogP contribution is 2.28. The minimum absolute atomic E-state index is 0. The lowest BCUT2D eigenvalue weighted by Gasteiger charge is -2.11. The Hall–Kier alpha value is -1.57. The van der Waals surface area contributed by atoms with Crippen LogP contribution >= 0.6 is 36.4 Å². The van der Waals surface area contributed by atoms with E-state index in [4.69, 9.17) is 21.1 Å². The van der Waals surface area contributed by atoms with E-state index < -0.39 is 0 Å². The topological polar surface area (TPSA) is 72.5 Å². The number of nitrogens with one attached hydrogen (secondary N) is 2. The van der Waals surface area contributed by atoms with Crippen LogP contribution < -0.4 is 15.4 Å². The Morgan fingerprint density at radius 1 is 1.27 bits per heavy atom. The lowest BCUT2D eigenvalue weighted by molar-refractivity contribution is -0.115. The van der Waals surface area contributed by atoms with Crippen molar-refractivity contribution in [1.82, 2.24) is 10.3 Å². The number of hydrogen-bond donors (Lipinski definition) is 2. The molecule has 0 aliphatic heterocycles. The molecule has 144 valence electrons. The molecule has 0 atom stereocenters. The van der Waals surface area contributed by atoms with Crippen LogP contribution in [0.1, 0.15) is 5.56 Å². The predicted octanol–water partition coefficient (Wildman–Crippen LogP) is 3.33. The fourth-order valence-corrected chi connectivity index (χ4v) is 2.16. The van der Waals surface area contributed by atoms with Gasteiger partial charge in [0.25, 0.3) is 0 Å². The molecule has 0 aliphatic carbocycles. The van der Waals surface area contributed by atoms with Crippen LogP contribution in [-0.2, 0) is 16.1 Å². The third-order valence-corrected chi connectivity index (χ3v) is 3.40. The summed E-state index contributed by atoms with van der Waals surface area (Å²) in [7, 11) is 1.61. The largest absolute Gasteiger partial charge is 0.487 e. The van der Waals surface area contributed by atoms with Crippen LogP contribution in [0.15, 0.2) is 42.7 Å². The minimum Gasteiger partial charge on any atom is -0.487 e. The number of hydrogen-bond acceptors (Lipinski definition) is 5. The van der Waals surface area contributed by atoms with Gasteiger partial charge in [-0.2, -0.15) is 0 Å². The number of benzene rings is 1. The van der Waals surface area contributed by atoms with E-state index in [0.29, 0.717) is 36.2 Å². The average molecular weight is 423 g/mol. The molecule has 0 unspecified atom stereocenters. The summed E-state index contributed by atoms with van der Waals surface area (Å²) in [4.78, 5) is 15.8. The first-order valence-electron chi connectivity index (χ1n) is 7.50. The van der Waals surface area contributed by atoms with E-state index in [1.54, 1.807) is 37.7 Å². The molecule has 0 aliphatic rings. The predicted molar refractivity (Wildman–Crippen MR) is 108 cm³/mol.